The van der Waals surface area contributed by atoms with Gasteiger partial charge in [-0.15, -0.1) is 0 Å². The van der Waals surface area contributed by atoms with Crippen LogP contribution in [0.2, 0.25) is 0 Å². The summed E-state index contributed by atoms with van der Waals surface area (Å²) in [6.07, 6.45) is 1.07. The fraction of sp³-hybridized carbons (Fsp3) is 0.421. The lowest BCUT2D eigenvalue weighted by molar-refractivity contribution is -0.150. The number of H-pyrrole nitrogens is 1. The number of halogens is 1. The van der Waals surface area contributed by atoms with Gasteiger partial charge in [0.2, 0.25) is 5.91 Å². The number of aromatic amines is 1. The number of hydrogen-bond donors (Lipinski definition) is 2. The highest BCUT2D eigenvalue weighted by atomic mass is 19.1. The van der Waals surface area contributed by atoms with Crippen LogP contribution in [0, 0.1) is 24.1 Å². The first-order chi connectivity index (χ1) is 22.5. The maximum Gasteiger partial charge on any atom is 0.250 e. The van der Waals surface area contributed by atoms with Crippen molar-refractivity contribution in [3.05, 3.63) is 89.4 Å². The normalized spacial score (nSPS) is 20.1. The fourth-order valence-corrected chi connectivity index (χ4v) is 7.72. The minimum absolute atomic E-state index is 0.00762. The number of fused-ring (bicyclic) bond motifs is 1. The number of benzene rings is 3. The van der Waals surface area contributed by atoms with E-state index in [0.717, 1.165) is 11.2 Å². The van der Waals surface area contributed by atoms with Crippen LogP contribution in [0.3, 0.4) is 0 Å². The molecule has 9 heteroatoms. The Kier molecular flexibility index (Phi) is 8.78. The molecular weight excluding hydrogens is 595 g/mol. The lowest BCUT2D eigenvalue weighted by Crippen LogP contribution is -2.63. The molecule has 2 aliphatic rings. The molecule has 0 unspecified atom stereocenters. The first-order valence-electron chi connectivity index (χ1n) is 16.3. The third kappa shape index (κ3) is 5.97. The Morgan fingerprint density at radius 1 is 1.02 bits per heavy atom. The van der Waals surface area contributed by atoms with Crippen LogP contribution in [-0.2, 0) is 16.1 Å². The van der Waals surface area contributed by atoms with Crippen molar-refractivity contribution in [3.63, 3.8) is 0 Å². The summed E-state index contributed by atoms with van der Waals surface area (Å²) >= 11 is 0. The van der Waals surface area contributed by atoms with Gasteiger partial charge in [0, 0.05) is 54.3 Å². The van der Waals surface area contributed by atoms with E-state index in [4.69, 9.17) is 9.47 Å². The Bertz CT molecular complexity index is 1790. The molecule has 4 aromatic rings. The largest absolute Gasteiger partial charge is 0.497 e. The summed E-state index contributed by atoms with van der Waals surface area (Å²) in [5.41, 5.74) is 2.98. The third-order valence-corrected chi connectivity index (χ3v) is 10.7. The van der Waals surface area contributed by atoms with Crippen molar-refractivity contribution >= 4 is 28.4 Å². The average molecular weight is 641 g/mol. The lowest BCUT2D eigenvalue weighted by Gasteiger charge is -2.47. The predicted molar refractivity (Wildman–Crippen MR) is 182 cm³/mol. The second kappa shape index (κ2) is 12.7. The third-order valence-electron chi connectivity index (χ3n) is 10.7. The van der Waals surface area contributed by atoms with Gasteiger partial charge in [0.25, 0.3) is 5.91 Å². The van der Waals surface area contributed by atoms with E-state index in [-0.39, 0.29) is 42.0 Å². The first-order valence-corrected chi connectivity index (χ1v) is 16.3. The van der Waals surface area contributed by atoms with Crippen molar-refractivity contribution in [2.75, 3.05) is 39.7 Å². The van der Waals surface area contributed by atoms with Crippen molar-refractivity contribution in [2.45, 2.75) is 58.0 Å². The number of hydrogen-bond acceptors (Lipinski definition) is 5. The van der Waals surface area contributed by atoms with Gasteiger partial charge in [-0.2, -0.15) is 0 Å². The summed E-state index contributed by atoms with van der Waals surface area (Å²) in [5.74, 6) is 0.421. The molecule has 3 aromatic carbocycles. The summed E-state index contributed by atoms with van der Waals surface area (Å²) in [4.78, 5) is 36.7. The van der Waals surface area contributed by atoms with E-state index >= 15 is 4.39 Å². The number of rotatable bonds is 10. The minimum Gasteiger partial charge on any atom is -0.497 e. The van der Waals surface area contributed by atoms with Crippen LogP contribution in [-0.4, -0.2) is 66.5 Å². The smallest absolute Gasteiger partial charge is 0.250 e. The Morgan fingerprint density at radius 3 is 2.43 bits per heavy atom. The molecular formula is C38H45FN4O4. The number of likely N-dealkylation sites (tertiary alicyclic amines) is 1. The zero-order valence-corrected chi connectivity index (χ0v) is 28.2. The van der Waals surface area contributed by atoms with Gasteiger partial charge in [-0.3, -0.25) is 9.59 Å². The van der Waals surface area contributed by atoms with E-state index in [0.29, 0.717) is 48.7 Å². The van der Waals surface area contributed by atoms with E-state index in [1.54, 1.807) is 48.4 Å². The van der Waals surface area contributed by atoms with Gasteiger partial charge < -0.3 is 29.6 Å². The highest BCUT2D eigenvalue weighted by molar-refractivity contribution is 6.01. The molecule has 1 aliphatic carbocycles. The van der Waals surface area contributed by atoms with Crippen LogP contribution in [0.4, 0.5) is 10.1 Å². The van der Waals surface area contributed by atoms with Crippen LogP contribution in [0.15, 0.2) is 66.7 Å². The molecule has 2 N–H and O–H groups in total. The Hall–Kier alpha value is -4.37. The van der Waals surface area contributed by atoms with Gasteiger partial charge in [-0.25, -0.2) is 4.39 Å². The summed E-state index contributed by atoms with van der Waals surface area (Å²) in [7, 11) is 5.11. The molecule has 2 heterocycles. The molecule has 1 aromatic heterocycles. The van der Waals surface area contributed by atoms with Crippen molar-refractivity contribution in [1.82, 2.24) is 14.8 Å². The number of aryl methyl sites for hydroxylation is 1. The number of carbonyl (C=O) groups is 2. The molecule has 2 atom stereocenters. The average Bonchev–Trinajstić information content (AvgIpc) is 3.41. The van der Waals surface area contributed by atoms with Crippen LogP contribution < -0.4 is 14.8 Å². The number of aromatic nitrogens is 1. The summed E-state index contributed by atoms with van der Waals surface area (Å²) < 4.78 is 26.2. The monoisotopic (exact) mass is 640 g/mol. The summed E-state index contributed by atoms with van der Waals surface area (Å²) in [6.45, 7) is 7.74. The molecule has 47 heavy (non-hydrogen) atoms. The number of methoxy groups -OCH3 is 2. The van der Waals surface area contributed by atoms with Gasteiger partial charge in [-0.1, -0.05) is 50.2 Å². The number of para-hydroxylation sites is 1. The maximum absolute atomic E-state index is 15.2. The van der Waals surface area contributed by atoms with E-state index in [9.17, 15) is 9.59 Å². The molecule has 6 rings (SSSR count). The topological polar surface area (TPSA) is 86.9 Å². The molecule has 1 saturated carbocycles. The molecule has 1 saturated heterocycles. The molecule has 8 nitrogen and oxygen atoms in total. The number of piperidine rings is 1. The fourth-order valence-electron chi connectivity index (χ4n) is 7.72. The molecule has 2 fully saturated rings. The number of nitrogens with one attached hydrogen (secondary N) is 2. The molecule has 2 amide bonds. The van der Waals surface area contributed by atoms with E-state index < -0.39 is 11.4 Å². The lowest BCUT2D eigenvalue weighted by atomic mass is 9.83. The quantitative estimate of drug-likeness (QED) is 0.197. The van der Waals surface area contributed by atoms with Crippen molar-refractivity contribution < 1.29 is 23.5 Å². The maximum atomic E-state index is 15.2. The van der Waals surface area contributed by atoms with Crippen molar-refractivity contribution in [1.29, 1.82) is 0 Å². The Labute approximate surface area is 276 Å². The summed E-state index contributed by atoms with van der Waals surface area (Å²) in [5, 5.41) is 4.27. The van der Waals surface area contributed by atoms with Crippen molar-refractivity contribution in [3.8, 4) is 11.5 Å². The van der Waals surface area contributed by atoms with E-state index in [1.165, 1.54) is 24.1 Å². The van der Waals surface area contributed by atoms with E-state index in [1.807, 2.05) is 19.2 Å². The van der Waals surface area contributed by atoms with Crippen LogP contribution in [0.1, 0.15) is 55.8 Å². The highest BCUT2D eigenvalue weighted by Crippen LogP contribution is 2.67. The zero-order valence-electron chi connectivity index (χ0n) is 28.2. The van der Waals surface area contributed by atoms with Gasteiger partial charge in [0.15, 0.2) is 0 Å². The number of carbonyl (C=O) groups excluding carboxylic acids is 2. The summed E-state index contributed by atoms with van der Waals surface area (Å²) in [6, 6.07) is 20.0. The molecule has 0 spiro atoms. The molecule has 1 aliphatic heterocycles. The minimum atomic E-state index is -1.21. The Balaban J connectivity index is 1.37. The zero-order chi connectivity index (χ0) is 33.5. The number of nitrogens with zero attached hydrogens (tertiary/aromatic N) is 2. The van der Waals surface area contributed by atoms with E-state index in [2.05, 4.69) is 48.1 Å². The molecule has 0 radical (unpaired) electrons. The van der Waals surface area contributed by atoms with Gasteiger partial charge in [-0.05, 0) is 73.9 Å². The van der Waals surface area contributed by atoms with Crippen LogP contribution in [0.5, 0.6) is 11.5 Å². The second-order valence-electron chi connectivity index (χ2n) is 13.7. The first kappa shape index (κ1) is 32.6. The van der Waals surface area contributed by atoms with Gasteiger partial charge in [0.05, 0.1) is 19.9 Å². The van der Waals surface area contributed by atoms with Crippen LogP contribution in [0.25, 0.3) is 10.9 Å². The second-order valence-corrected chi connectivity index (χ2v) is 13.7. The van der Waals surface area contributed by atoms with Crippen LogP contribution >= 0.6 is 0 Å². The number of amides is 2. The molecule has 248 valence electrons. The van der Waals surface area contributed by atoms with Gasteiger partial charge >= 0.3 is 0 Å². The SMILES string of the molecule is COc1ccc(NC(=O)C2(N(Cc3ccccc3F)C(=O)C[C@H]3[C@@H](c4c(C)[nH]c5ccccc45)C3(C)C)CCN(C)CC2)c(OC)c1. The molecule has 0 bridgehead atoms. The highest BCUT2D eigenvalue weighted by Gasteiger charge is 2.60. The Morgan fingerprint density at radius 2 is 1.72 bits per heavy atom. The number of anilines is 1. The number of ether oxygens (including phenoxy) is 2. The standard InChI is InChI=1S/C38H45FN4O4/c1-24-34(27-12-8-10-14-30(27)40-24)35-28(37(35,2)3)22-33(44)43(23-25-11-7-9-13-29(25)39)38(17-19-42(4)20-18-38)36(45)41-31-16-15-26(46-5)21-32(31)47-6/h7-16,21,28,35,40H,17-20,22-23H2,1-6H3,(H,41,45)/t28-,35-/m0/s1. The van der Waals surface area contributed by atoms with Gasteiger partial charge in [0.1, 0.15) is 22.9 Å². The predicted octanol–water partition coefficient (Wildman–Crippen LogP) is 6.89. The van der Waals surface area contributed by atoms with Crippen molar-refractivity contribution in [2.24, 2.45) is 11.3 Å².